The van der Waals surface area contributed by atoms with Crippen LogP contribution in [0.25, 0.3) is 0 Å². The monoisotopic (exact) mass is 297 g/mol. The van der Waals surface area contributed by atoms with E-state index < -0.39 is 5.54 Å². The Hall–Kier alpha value is -1.79. The Labute approximate surface area is 124 Å². The summed E-state index contributed by atoms with van der Waals surface area (Å²) in [5.41, 5.74) is -0.654. The zero-order valence-corrected chi connectivity index (χ0v) is 12.7. The number of hydrogen-bond donors (Lipinski definition) is 3. The predicted octanol–water partition coefficient (Wildman–Crippen LogP) is 0.957. The molecule has 0 atom stereocenters. The second-order valence-corrected chi connectivity index (χ2v) is 4.70. The van der Waals surface area contributed by atoms with Crippen molar-refractivity contribution < 1.29 is 24.5 Å². The van der Waals surface area contributed by atoms with Gasteiger partial charge in [-0.05, 0) is 31.5 Å². The van der Waals surface area contributed by atoms with E-state index in [0.717, 1.165) is 0 Å². The van der Waals surface area contributed by atoms with Gasteiger partial charge in [-0.2, -0.15) is 0 Å². The Morgan fingerprint density at radius 1 is 1.24 bits per heavy atom. The fourth-order valence-electron chi connectivity index (χ4n) is 1.84. The van der Waals surface area contributed by atoms with Gasteiger partial charge >= 0.3 is 0 Å². The van der Waals surface area contributed by atoms with E-state index in [2.05, 4.69) is 5.32 Å². The quantitative estimate of drug-likeness (QED) is 0.665. The van der Waals surface area contributed by atoms with Gasteiger partial charge in [0.05, 0.1) is 32.5 Å². The van der Waals surface area contributed by atoms with Gasteiger partial charge in [0.2, 0.25) is 0 Å². The van der Waals surface area contributed by atoms with Crippen molar-refractivity contribution in [2.45, 2.75) is 25.8 Å². The van der Waals surface area contributed by atoms with Crippen LogP contribution in [0.3, 0.4) is 0 Å². The van der Waals surface area contributed by atoms with E-state index >= 15 is 0 Å². The Morgan fingerprint density at radius 2 is 1.90 bits per heavy atom. The highest BCUT2D eigenvalue weighted by atomic mass is 16.5. The molecule has 1 aromatic rings. The number of ether oxygens (including phenoxy) is 2. The van der Waals surface area contributed by atoms with Crippen LogP contribution in [0.5, 0.6) is 11.5 Å². The zero-order valence-electron chi connectivity index (χ0n) is 12.7. The van der Waals surface area contributed by atoms with Gasteiger partial charge in [0, 0.05) is 5.56 Å². The van der Waals surface area contributed by atoms with Gasteiger partial charge in [-0.25, -0.2) is 0 Å². The number of carbonyl (C=O) groups excluding carboxylic acids is 1. The lowest BCUT2D eigenvalue weighted by Crippen LogP contribution is -2.53. The number of carbonyl (C=O) groups is 1. The Morgan fingerprint density at radius 3 is 2.38 bits per heavy atom. The van der Waals surface area contributed by atoms with Crippen molar-refractivity contribution >= 4 is 5.91 Å². The molecule has 0 spiro atoms. The summed E-state index contributed by atoms with van der Waals surface area (Å²) in [6.07, 6.45) is 0.417. The summed E-state index contributed by atoms with van der Waals surface area (Å²) in [6, 6.07) is 4.83. The number of hydrogen-bond acceptors (Lipinski definition) is 5. The molecule has 1 aromatic carbocycles. The molecule has 0 saturated carbocycles. The second-order valence-electron chi connectivity index (χ2n) is 4.70. The maximum absolute atomic E-state index is 12.2. The molecule has 6 heteroatoms. The van der Waals surface area contributed by atoms with E-state index in [1.54, 1.807) is 25.1 Å². The minimum atomic E-state index is -1.02. The van der Waals surface area contributed by atoms with Crippen LogP contribution < -0.4 is 14.8 Å². The molecular formula is C15H23NO5. The van der Waals surface area contributed by atoms with E-state index in [1.165, 1.54) is 7.11 Å². The number of nitrogens with one attached hydrogen (secondary N) is 1. The SMILES string of the molecule is CCOc1ccc(C(=O)NC(CC)(CO)CO)cc1OC. The molecule has 0 fully saturated rings. The highest BCUT2D eigenvalue weighted by Crippen LogP contribution is 2.28. The lowest BCUT2D eigenvalue weighted by Gasteiger charge is -2.29. The summed E-state index contributed by atoms with van der Waals surface area (Å²) in [6.45, 7) is 3.47. The summed E-state index contributed by atoms with van der Waals surface area (Å²) in [5, 5.41) is 21.4. The summed E-state index contributed by atoms with van der Waals surface area (Å²) < 4.78 is 10.6. The van der Waals surface area contributed by atoms with Crippen molar-refractivity contribution in [2.75, 3.05) is 26.9 Å². The molecular weight excluding hydrogens is 274 g/mol. The van der Waals surface area contributed by atoms with Crippen LogP contribution in [0.4, 0.5) is 0 Å². The van der Waals surface area contributed by atoms with E-state index in [0.29, 0.717) is 30.1 Å². The Balaban J connectivity index is 2.97. The largest absolute Gasteiger partial charge is 0.493 e. The fourth-order valence-corrected chi connectivity index (χ4v) is 1.84. The molecule has 0 saturated heterocycles. The molecule has 0 unspecified atom stereocenters. The van der Waals surface area contributed by atoms with Gasteiger partial charge in [0.15, 0.2) is 11.5 Å². The van der Waals surface area contributed by atoms with Gasteiger partial charge in [-0.15, -0.1) is 0 Å². The average Bonchev–Trinajstić information content (AvgIpc) is 2.53. The third kappa shape index (κ3) is 4.09. The molecule has 0 radical (unpaired) electrons. The molecule has 3 N–H and O–H groups in total. The lowest BCUT2D eigenvalue weighted by atomic mass is 9.97. The first-order chi connectivity index (χ1) is 10.1. The molecule has 1 amide bonds. The predicted molar refractivity (Wildman–Crippen MR) is 78.8 cm³/mol. The van der Waals surface area contributed by atoms with E-state index in [4.69, 9.17) is 9.47 Å². The summed E-state index contributed by atoms with van der Waals surface area (Å²) in [7, 11) is 1.50. The number of amides is 1. The highest BCUT2D eigenvalue weighted by Gasteiger charge is 2.29. The molecule has 0 aliphatic rings. The van der Waals surface area contributed by atoms with Crippen molar-refractivity contribution in [1.82, 2.24) is 5.32 Å². The van der Waals surface area contributed by atoms with Gasteiger partial charge in [-0.1, -0.05) is 6.92 Å². The van der Waals surface area contributed by atoms with Gasteiger partial charge in [0.1, 0.15) is 0 Å². The minimum absolute atomic E-state index is 0.333. The number of rotatable bonds is 8. The normalized spacial score (nSPS) is 11.1. The molecule has 21 heavy (non-hydrogen) atoms. The maximum Gasteiger partial charge on any atom is 0.252 e. The van der Waals surface area contributed by atoms with Crippen LogP contribution in [0.15, 0.2) is 18.2 Å². The lowest BCUT2D eigenvalue weighted by molar-refractivity contribution is 0.0652. The molecule has 0 bridgehead atoms. The molecule has 0 aliphatic heterocycles. The average molecular weight is 297 g/mol. The number of aliphatic hydroxyl groups is 2. The topological polar surface area (TPSA) is 88.0 Å². The van der Waals surface area contributed by atoms with Crippen molar-refractivity contribution in [3.63, 3.8) is 0 Å². The van der Waals surface area contributed by atoms with Crippen molar-refractivity contribution in [2.24, 2.45) is 0 Å². The smallest absolute Gasteiger partial charge is 0.252 e. The number of benzene rings is 1. The molecule has 0 aliphatic carbocycles. The van der Waals surface area contributed by atoms with Crippen molar-refractivity contribution in [3.8, 4) is 11.5 Å². The number of methoxy groups -OCH3 is 1. The van der Waals surface area contributed by atoms with Crippen LogP contribution in [-0.2, 0) is 0 Å². The third-order valence-electron chi connectivity index (χ3n) is 3.39. The van der Waals surface area contributed by atoms with Crippen LogP contribution >= 0.6 is 0 Å². The van der Waals surface area contributed by atoms with Gasteiger partial charge in [-0.3, -0.25) is 4.79 Å². The fraction of sp³-hybridized carbons (Fsp3) is 0.533. The van der Waals surface area contributed by atoms with Crippen molar-refractivity contribution in [1.29, 1.82) is 0 Å². The van der Waals surface area contributed by atoms with E-state index in [9.17, 15) is 15.0 Å². The first-order valence-corrected chi connectivity index (χ1v) is 6.90. The Bertz CT molecular complexity index is 463. The molecule has 118 valence electrons. The van der Waals surface area contributed by atoms with Crippen LogP contribution in [0.1, 0.15) is 30.6 Å². The first kappa shape index (κ1) is 17.3. The summed E-state index contributed by atoms with van der Waals surface area (Å²) in [4.78, 5) is 12.2. The molecule has 0 aromatic heterocycles. The molecule has 1 rings (SSSR count). The van der Waals surface area contributed by atoms with Crippen LogP contribution in [-0.4, -0.2) is 48.6 Å². The van der Waals surface area contributed by atoms with Crippen LogP contribution in [0.2, 0.25) is 0 Å². The third-order valence-corrected chi connectivity index (χ3v) is 3.39. The van der Waals surface area contributed by atoms with E-state index in [-0.39, 0.29) is 19.1 Å². The van der Waals surface area contributed by atoms with Gasteiger partial charge in [0.25, 0.3) is 5.91 Å². The first-order valence-electron chi connectivity index (χ1n) is 6.90. The minimum Gasteiger partial charge on any atom is -0.493 e. The summed E-state index contributed by atoms with van der Waals surface area (Å²) >= 11 is 0. The zero-order chi connectivity index (χ0) is 15.9. The maximum atomic E-state index is 12.2. The van der Waals surface area contributed by atoms with Crippen molar-refractivity contribution in [3.05, 3.63) is 23.8 Å². The number of aliphatic hydroxyl groups excluding tert-OH is 2. The Kier molecular flexibility index (Phi) is 6.45. The summed E-state index contributed by atoms with van der Waals surface area (Å²) in [5.74, 6) is 0.628. The second kappa shape index (κ2) is 7.85. The van der Waals surface area contributed by atoms with Gasteiger partial charge < -0.3 is 25.0 Å². The molecule has 6 nitrogen and oxygen atoms in total. The van der Waals surface area contributed by atoms with E-state index in [1.807, 2.05) is 6.92 Å². The standard InChI is InChI=1S/C15H23NO5/c1-4-15(9-17,10-18)16-14(19)11-6-7-12(21-5-2)13(8-11)20-3/h6-8,17-18H,4-5,9-10H2,1-3H3,(H,16,19). The highest BCUT2D eigenvalue weighted by molar-refractivity contribution is 5.95. The van der Waals surface area contributed by atoms with Crippen LogP contribution in [0, 0.1) is 0 Å². The molecule has 0 heterocycles.